The molecule has 0 saturated carbocycles. The number of carboxylic acid groups (broad SMARTS) is 1. The average molecular weight is 445 g/mol. The Balaban J connectivity index is 2.21. The summed E-state index contributed by atoms with van der Waals surface area (Å²) < 4.78 is 6.62. The Hall–Kier alpha value is -3.53. The molecule has 0 fully saturated rings. The summed E-state index contributed by atoms with van der Waals surface area (Å²) in [5.41, 5.74) is 0.642. The number of carbonyl (C=O) groups excluding carboxylic acids is 1. The number of nitriles is 1. The van der Waals surface area contributed by atoms with Gasteiger partial charge in [0.05, 0.1) is 18.7 Å². The number of aliphatic carboxylic acids is 1. The molecule has 3 heterocycles. The Morgan fingerprint density at radius 1 is 1.38 bits per heavy atom. The van der Waals surface area contributed by atoms with E-state index < -0.39 is 60.6 Å². The van der Waals surface area contributed by atoms with Crippen molar-refractivity contribution in [3.63, 3.8) is 0 Å². The zero-order chi connectivity index (χ0) is 23.6. The van der Waals surface area contributed by atoms with Gasteiger partial charge in [0.1, 0.15) is 35.4 Å². The van der Waals surface area contributed by atoms with Gasteiger partial charge in [0.15, 0.2) is 5.69 Å². The van der Waals surface area contributed by atoms with E-state index >= 15 is 0 Å². The lowest BCUT2D eigenvalue weighted by Crippen LogP contribution is -2.59. The molecule has 0 saturated heterocycles. The topological polar surface area (TPSA) is 191 Å². The quantitative estimate of drug-likeness (QED) is 0.356. The Kier molecular flexibility index (Phi) is 6.73. The van der Waals surface area contributed by atoms with Gasteiger partial charge in [0, 0.05) is 12.1 Å². The highest BCUT2D eigenvalue weighted by Crippen LogP contribution is 2.32. The van der Waals surface area contributed by atoms with Crippen LogP contribution in [0.25, 0.3) is 11.0 Å². The maximum absolute atomic E-state index is 12.5. The number of hydrogen-bond acceptors (Lipinski definition) is 9. The SMILES string of the molecule is CC(C)C(=O)N[C@H]1[C@H]([C@H](O)[C@H](O)CO)OC(C(=O)O)=C[C@@H]1n1nc2cccnc2c1C#N. The number of amides is 1. The Labute approximate surface area is 182 Å². The van der Waals surface area contributed by atoms with E-state index in [0.29, 0.717) is 5.52 Å². The van der Waals surface area contributed by atoms with E-state index in [1.165, 1.54) is 10.9 Å². The fourth-order valence-corrected chi connectivity index (χ4v) is 3.42. The zero-order valence-electron chi connectivity index (χ0n) is 17.3. The molecule has 1 aliphatic heterocycles. The molecule has 12 heteroatoms. The summed E-state index contributed by atoms with van der Waals surface area (Å²) in [4.78, 5) is 28.4. The van der Waals surface area contributed by atoms with E-state index in [1.54, 1.807) is 26.0 Å². The number of aliphatic hydroxyl groups excluding tert-OH is 3. The minimum atomic E-state index is -1.77. The van der Waals surface area contributed by atoms with Crippen LogP contribution in [0, 0.1) is 17.2 Å². The largest absolute Gasteiger partial charge is 0.478 e. The Morgan fingerprint density at radius 3 is 2.69 bits per heavy atom. The number of nitrogens with zero attached hydrogens (tertiary/aromatic N) is 4. The van der Waals surface area contributed by atoms with E-state index in [1.807, 2.05) is 6.07 Å². The van der Waals surface area contributed by atoms with Gasteiger partial charge < -0.3 is 30.5 Å². The molecule has 5 atom stereocenters. The molecule has 32 heavy (non-hydrogen) atoms. The summed E-state index contributed by atoms with van der Waals surface area (Å²) in [6.07, 6.45) is -2.29. The lowest BCUT2D eigenvalue weighted by Gasteiger charge is -2.40. The molecule has 0 aromatic carbocycles. The first kappa shape index (κ1) is 23.1. The molecule has 2 aromatic heterocycles. The van der Waals surface area contributed by atoms with Gasteiger partial charge in [0.2, 0.25) is 11.7 Å². The molecule has 2 aromatic rings. The molecule has 12 nitrogen and oxygen atoms in total. The van der Waals surface area contributed by atoms with Gasteiger partial charge in [0.25, 0.3) is 0 Å². The number of nitrogens with one attached hydrogen (secondary N) is 1. The molecular weight excluding hydrogens is 422 g/mol. The van der Waals surface area contributed by atoms with Crippen molar-refractivity contribution in [3.8, 4) is 6.07 Å². The first-order valence-corrected chi connectivity index (χ1v) is 9.82. The van der Waals surface area contributed by atoms with Crippen LogP contribution in [-0.2, 0) is 14.3 Å². The Morgan fingerprint density at radius 2 is 2.09 bits per heavy atom. The molecular formula is C20H23N5O7. The van der Waals surface area contributed by atoms with Crippen molar-refractivity contribution in [2.24, 2.45) is 5.92 Å². The van der Waals surface area contributed by atoms with Crippen LogP contribution in [0.3, 0.4) is 0 Å². The van der Waals surface area contributed by atoms with Crippen molar-refractivity contribution in [1.82, 2.24) is 20.1 Å². The predicted molar refractivity (Wildman–Crippen MR) is 108 cm³/mol. The summed E-state index contributed by atoms with van der Waals surface area (Å²) in [5.74, 6) is -2.96. The van der Waals surface area contributed by atoms with Crippen LogP contribution in [0.5, 0.6) is 0 Å². The van der Waals surface area contributed by atoms with E-state index in [0.717, 1.165) is 6.08 Å². The van der Waals surface area contributed by atoms with Crippen molar-refractivity contribution in [2.45, 2.75) is 44.2 Å². The van der Waals surface area contributed by atoms with Gasteiger partial charge in [-0.1, -0.05) is 13.8 Å². The second kappa shape index (κ2) is 9.31. The number of rotatable bonds is 7. The third kappa shape index (κ3) is 4.26. The van der Waals surface area contributed by atoms with Crippen molar-refractivity contribution >= 4 is 22.9 Å². The minimum Gasteiger partial charge on any atom is -0.478 e. The number of carbonyl (C=O) groups is 2. The number of fused-ring (bicyclic) bond motifs is 1. The molecule has 1 amide bonds. The maximum atomic E-state index is 12.5. The standard InChI is InChI=1S/C20H23N5O7/c1-9(2)19(29)23-16-11(25-12(7-21)15-10(24-25)4-3-5-22-15)6-14(20(30)31)32-18(16)17(28)13(27)8-26/h3-6,9,11,13,16-18,26-28H,8H2,1-2H3,(H,23,29)(H,30,31)/t11-,13+,16+,17+,18+/m0/s1. The van der Waals surface area contributed by atoms with E-state index in [4.69, 9.17) is 4.74 Å². The van der Waals surface area contributed by atoms with Crippen LogP contribution < -0.4 is 5.32 Å². The highest BCUT2D eigenvalue weighted by molar-refractivity contribution is 5.85. The third-order valence-electron chi connectivity index (χ3n) is 5.11. The molecule has 0 bridgehead atoms. The summed E-state index contributed by atoms with van der Waals surface area (Å²) in [5, 5.41) is 56.2. The fourth-order valence-electron chi connectivity index (χ4n) is 3.42. The summed E-state index contributed by atoms with van der Waals surface area (Å²) in [6.45, 7) is 2.43. The summed E-state index contributed by atoms with van der Waals surface area (Å²) in [6, 6.07) is 2.98. The van der Waals surface area contributed by atoms with Crippen LogP contribution in [0.1, 0.15) is 25.6 Å². The molecule has 0 aliphatic carbocycles. The smallest absolute Gasteiger partial charge is 0.370 e. The van der Waals surface area contributed by atoms with Crippen molar-refractivity contribution in [3.05, 3.63) is 35.9 Å². The molecule has 5 N–H and O–H groups in total. The number of pyridine rings is 1. The van der Waals surface area contributed by atoms with Crippen molar-refractivity contribution in [1.29, 1.82) is 5.26 Å². The first-order valence-electron chi connectivity index (χ1n) is 9.82. The lowest BCUT2D eigenvalue weighted by atomic mass is 9.91. The van der Waals surface area contributed by atoms with Gasteiger partial charge in [-0.15, -0.1) is 0 Å². The van der Waals surface area contributed by atoms with Crippen molar-refractivity contribution < 1.29 is 34.8 Å². The monoisotopic (exact) mass is 445 g/mol. The molecule has 0 spiro atoms. The molecule has 0 unspecified atom stereocenters. The van der Waals surface area contributed by atoms with E-state index in [2.05, 4.69) is 15.4 Å². The van der Waals surface area contributed by atoms with Crippen LogP contribution in [0.15, 0.2) is 30.2 Å². The lowest BCUT2D eigenvalue weighted by molar-refractivity contribution is -0.147. The van der Waals surface area contributed by atoms with E-state index in [9.17, 15) is 35.3 Å². The number of aliphatic hydroxyl groups is 3. The predicted octanol–water partition coefficient (Wildman–Crippen LogP) is -0.934. The molecule has 170 valence electrons. The van der Waals surface area contributed by atoms with Gasteiger partial charge in [-0.3, -0.25) is 9.78 Å². The fraction of sp³-hybridized carbons (Fsp3) is 0.450. The molecule has 3 rings (SSSR count). The normalized spacial score (nSPS) is 22.5. The number of hydrogen-bond donors (Lipinski definition) is 5. The zero-order valence-corrected chi connectivity index (χ0v) is 17.3. The number of carboxylic acids is 1. The van der Waals surface area contributed by atoms with Gasteiger partial charge in [-0.05, 0) is 18.2 Å². The minimum absolute atomic E-state index is 0.00762. The second-order valence-corrected chi connectivity index (χ2v) is 7.61. The van der Waals surface area contributed by atoms with Crippen LogP contribution >= 0.6 is 0 Å². The van der Waals surface area contributed by atoms with E-state index in [-0.39, 0.29) is 11.2 Å². The highest BCUT2D eigenvalue weighted by Gasteiger charge is 2.45. The van der Waals surface area contributed by atoms with Crippen LogP contribution in [0.4, 0.5) is 0 Å². The highest BCUT2D eigenvalue weighted by atomic mass is 16.5. The van der Waals surface area contributed by atoms with Crippen LogP contribution in [-0.4, -0.2) is 78.0 Å². The summed E-state index contributed by atoms with van der Waals surface area (Å²) in [7, 11) is 0. The number of aromatic nitrogens is 3. The van der Waals surface area contributed by atoms with Crippen molar-refractivity contribution in [2.75, 3.05) is 6.61 Å². The van der Waals surface area contributed by atoms with Gasteiger partial charge in [-0.2, -0.15) is 10.4 Å². The van der Waals surface area contributed by atoms with Gasteiger partial charge >= 0.3 is 5.97 Å². The third-order valence-corrected chi connectivity index (χ3v) is 5.11. The second-order valence-electron chi connectivity index (χ2n) is 7.61. The molecule has 0 radical (unpaired) electrons. The molecule has 1 aliphatic rings. The first-order chi connectivity index (χ1) is 15.2. The van der Waals surface area contributed by atoms with Gasteiger partial charge in [-0.25, -0.2) is 9.48 Å². The average Bonchev–Trinajstić information content (AvgIpc) is 3.16. The maximum Gasteiger partial charge on any atom is 0.370 e. The summed E-state index contributed by atoms with van der Waals surface area (Å²) >= 11 is 0. The van der Waals surface area contributed by atoms with Crippen LogP contribution in [0.2, 0.25) is 0 Å². The number of ether oxygens (including phenoxy) is 1. The Bertz CT molecular complexity index is 1090.